The summed E-state index contributed by atoms with van der Waals surface area (Å²) in [5.41, 5.74) is 6.78. The number of piperidine rings is 1. The Hall–Kier alpha value is -3.54. The highest BCUT2D eigenvalue weighted by Crippen LogP contribution is 2.29. The second kappa shape index (κ2) is 9.25. The minimum absolute atomic E-state index is 0.131. The molecular formula is C23H27N7O4S. The molecule has 3 N–H and O–H groups in total. The number of carbonyl (C=O) groups excluding carboxylic acids is 1. The van der Waals surface area contributed by atoms with E-state index in [0.717, 1.165) is 11.1 Å². The maximum absolute atomic E-state index is 12.8. The maximum atomic E-state index is 12.8. The van der Waals surface area contributed by atoms with Crippen molar-refractivity contribution in [2.75, 3.05) is 23.7 Å². The summed E-state index contributed by atoms with van der Waals surface area (Å²) in [4.78, 5) is 50.3. The van der Waals surface area contributed by atoms with Gasteiger partial charge in [0.1, 0.15) is 5.52 Å². The molecule has 1 amide bonds. The number of nitrogens with one attached hydrogen (secondary N) is 1. The molecule has 0 unspecified atom stereocenters. The van der Waals surface area contributed by atoms with E-state index in [1.807, 2.05) is 28.8 Å². The number of nitrogens with two attached hydrogens (primary N) is 1. The van der Waals surface area contributed by atoms with Gasteiger partial charge in [-0.15, -0.1) is 0 Å². The third-order valence-corrected chi connectivity index (χ3v) is 7.58. The topological polar surface area (TPSA) is 145 Å². The SMILES string of the molecule is C[C@@H](CSc1nc2ccccc2o1)Cn1c(N2CCC(C(N)=O)CC2)nc2c1c(=O)[nH]c(=O)n2C. The minimum atomic E-state index is -0.509. The zero-order valence-corrected chi connectivity index (χ0v) is 20.4. The molecular weight excluding hydrogens is 470 g/mol. The number of carbonyl (C=O) groups is 1. The summed E-state index contributed by atoms with van der Waals surface area (Å²) < 4.78 is 9.05. The Labute approximate surface area is 204 Å². The normalized spacial score (nSPS) is 15.8. The largest absolute Gasteiger partial charge is 0.431 e. The standard InChI is InChI=1S/C23H27N7O4S/c1-13(12-35-23-25-15-5-3-4-6-16(15)34-23)11-30-17-19(28(2)22(33)27-20(17)32)26-21(30)29-9-7-14(8-10-29)18(24)31/h3-6,13-14H,7-12H2,1-2H3,(H2,24,31)(H,27,32,33)/t13-/m1/s1. The van der Waals surface area contributed by atoms with Gasteiger partial charge in [-0.3, -0.25) is 19.1 Å². The molecule has 0 aliphatic carbocycles. The van der Waals surface area contributed by atoms with Crippen LogP contribution in [0.3, 0.4) is 0 Å². The highest BCUT2D eigenvalue weighted by atomic mass is 32.2. The van der Waals surface area contributed by atoms with E-state index in [4.69, 9.17) is 15.1 Å². The van der Waals surface area contributed by atoms with Gasteiger partial charge in [0.2, 0.25) is 11.9 Å². The number of hydrogen-bond donors (Lipinski definition) is 2. The van der Waals surface area contributed by atoms with Gasteiger partial charge < -0.3 is 19.6 Å². The third-order valence-electron chi connectivity index (χ3n) is 6.43. The summed E-state index contributed by atoms with van der Waals surface area (Å²) in [6, 6.07) is 7.63. The van der Waals surface area contributed by atoms with Crippen LogP contribution < -0.4 is 21.9 Å². The summed E-state index contributed by atoms with van der Waals surface area (Å²) in [7, 11) is 1.59. The van der Waals surface area contributed by atoms with Crippen LogP contribution >= 0.6 is 11.8 Å². The van der Waals surface area contributed by atoms with Gasteiger partial charge in [0.15, 0.2) is 16.7 Å². The zero-order chi connectivity index (χ0) is 24.7. The number of aryl methyl sites for hydroxylation is 1. The molecule has 5 rings (SSSR count). The molecule has 184 valence electrons. The molecule has 0 bridgehead atoms. The summed E-state index contributed by atoms with van der Waals surface area (Å²) in [6.07, 6.45) is 1.24. The number of oxazole rings is 1. The van der Waals surface area contributed by atoms with E-state index >= 15 is 0 Å². The van der Waals surface area contributed by atoms with Crippen molar-refractivity contribution in [3.05, 3.63) is 45.1 Å². The van der Waals surface area contributed by atoms with Crippen LogP contribution in [-0.2, 0) is 18.4 Å². The number of fused-ring (bicyclic) bond motifs is 2. The Morgan fingerprint density at radius 2 is 2.00 bits per heavy atom. The van der Waals surface area contributed by atoms with E-state index in [0.29, 0.717) is 60.6 Å². The van der Waals surface area contributed by atoms with Gasteiger partial charge in [-0.05, 0) is 30.9 Å². The van der Waals surface area contributed by atoms with Crippen molar-refractivity contribution in [2.24, 2.45) is 24.6 Å². The molecule has 1 aliphatic heterocycles. The number of hydrogen-bond acceptors (Lipinski definition) is 8. The quantitative estimate of drug-likeness (QED) is 0.367. The average Bonchev–Trinajstić information content (AvgIpc) is 3.43. The van der Waals surface area contributed by atoms with Crippen molar-refractivity contribution < 1.29 is 9.21 Å². The molecule has 11 nitrogen and oxygen atoms in total. The molecule has 0 saturated carbocycles. The second-order valence-electron chi connectivity index (χ2n) is 9.04. The fourth-order valence-electron chi connectivity index (χ4n) is 4.49. The predicted molar refractivity (Wildman–Crippen MR) is 134 cm³/mol. The number of aromatic amines is 1. The van der Waals surface area contributed by atoms with Gasteiger partial charge in [0.25, 0.3) is 10.8 Å². The molecule has 4 heterocycles. The lowest BCUT2D eigenvalue weighted by Crippen LogP contribution is -2.40. The van der Waals surface area contributed by atoms with Gasteiger partial charge in [0.05, 0.1) is 0 Å². The van der Waals surface area contributed by atoms with Crippen molar-refractivity contribution in [3.8, 4) is 0 Å². The van der Waals surface area contributed by atoms with Gasteiger partial charge in [-0.2, -0.15) is 4.98 Å². The molecule has 0 radical (unpaired) electrons. The molecule has 1 aliphatic rings. The van der Waals surface area contributed by atoms with Crippen molar-refractivity contribution >= 4 is 45.9 Å². The van der Waals surface area contributed by atoms with Crippen molar-refractivity contribution in [1.29, 1.82) is 0 Å². The number of H-pyrrole nitrogens is 1. The fraction of sp³-hybridized carbons (Fsp3) is 0.435. The number of para-hydroxylation sites is 2. The van der Waals surface area contributed by atoms with E-state index in [2.05, 4.69) is 21.8 Å². The number of thioether (sulfide) groups is 1. The molecule has 1 aromatic carbocycles. The van der Waals surface area contributed by atoms with Crippen molar-refractivity contribution in [3.63, 3.8) is 0 Å². The van der Waals surface area contributed by atoms with Crippen LogP contribution in [0.25, 0.3) is 22.3 Å². The van der Waals surface area contributed by atoms with Crippen molar-refractivity contribution in [1.82, 2.24) is 24.1 Å². The molecule has 35 heavy (non-hydrogen) atoms. The first kappa shape index (κ1) is 23.2. The molecule has 0 spiro atoms. The molecule has 1 saturated heterocycles. The van der Waals surface area contributed by atoms with E-state index in [1.165, 1.54) is 16.3 Å². The highest BCUT2D eigenvalue weighted by molar-refractivity contribution is 7.99. The molecule has 4 aromatic rings. The minimum Gasteiger partial charge on any atom is -0.431 e. The average molecular weight is 498 g/mol. The summed E-state index contributed by atoms with van der Waals surface area (Å²) in [6.45, 7) is 3.78. The third kappa shape index (κ3) is 4.45. The van der Waals surface area contributed by atoms with Gasteiger partial charge >= 0.3 is 5.69 Å². The first-order chi connectivity index (χ1) is 16.8. The lowest BCUT2D eigenvalue weighted by Gasteiger charge is -2.32. The number of primary amides is 1. The molecule has 1 atom stereocenters. The Morgan fingerprint density at radius 3 is 2.71 bits per heavy atom. The predicted octanol–water partition coefficient (Wildman–Crippen LogP) is 1.69. The lowest BCUT2D eigenvalue weighted by atomic mass is 9.96. The number of amides is 1. The first-order valence-electron chi connectivity index (χ1n) is 11.5. The van der Waals surface area contributed by atoms with Crippen LogP contribution in [0.15, 0.2) is 43.5 Å². The van der Waals surface area contributed by atoms with Crippen LogP contribution in [0, 0.1) is 11.8 Å². The number of anilines is 1. The Kier molecular flexibility index (Phi) is 6.13. The Balaban J connectivity index is 1.42. The summed E-state index contributed by atoms with van der Waals surface area (Å²) in [5.74, 6) is 1.00. The first-order valence-corrected chi connectivity index (χ1v) is 12.5. The monoisotopic (exact) mass is 497 g/mol. The van der Waals surface area contributed by atoms with E-state index in [9.17, 15) is 14.4 Å². The van der Waals surface area contributed by atoms with Crippen LogP contribution in [0.5, 0.6) is 0 Å². The van der Waals surface area contributed by atoms with Crippen LogP contribution in [0.4, 0.5) is 5.95 Å². The number of rotatable bonds is 7. The number of aromatic nitrogens is 5. The van der Waals surface area contributed by atoms with Gasteiger partial charge in [-0.1, -0.05) is 30.8 Å². The molecule has 12 heteroatoms. The summed E-state index contributed by atoms with van der Waals surface area (Å²) in [5, 5.41) is 0.600. The van der Waals surface area contributed by atoms with Crippen LogP contribution in [-0.4, -0.2) is 48.8 Å². The van der Waals surface area contributed by atoms with Gasteiger partial charge in [0, 0.05) is 38.4 Å². The fourth-order valence-corrected chi connectivity index (χ4v) is 5.34. The van der Waals surface area contributed by atoms with Crippen molar-refractivity contribution in [2.45, 2.75) is 31.5 Å². The second-order valence-corrected chi connectivity index (χ2v) is 10.0. The number of benzene rings is 1. The number of imidazole rings is 1. The van der Waals surface area contributed by atoms with Crippen LogP contribution in [0.1, 0.15) is 19.8 Å². The molecule has 3 aromatic heterocycles. The zero-order valence-electron chi connectivity index (χ0n) is 19.6. The van der Waals surface area contributed by atoms with E-state index in [1.54, 1.807) is 7.05 Å². The highest BCUT2D eigenvalue weighted by Gasteiger charge is 2.28. The van der Waals surface area contributed by atoms with Gasteiger partial charge in [-0.25, -0.2) is 9.78 Å². The maximum Gasteiger partial charge on any atom is 0.329 e. The Bertz CT molecular complexity index is 1480. The Morgan fingerprint density at radius 1 is 1.26 bits per heavy atom. The molecule has 1 fully saturated rings. The van der Waals surface area contributed by atoms with Crippen LogP contribution in [0.2, 0.25) is 0 Å². The van der Waals surface area contributed by atoms with E-state index in [-0.39, 0.29) is 17.7 Å². The number of nitrogens with zero attached hydrogens (tertiary/aromatic N) is 5. The summed E-state index contributed by atoms with van der Waals surface area (Å²) >= 11 is 1.52. The smallest absolute Gasteiger partial charge is 0.329 e. The van der Waals surface area contributed by atoms with E-state index < -0.39 is 11.2 Å². The lowest BCUT2D eigenvalue weighted by molar-refractivity contribution is -0.122.